The summed E-state index contributed by atoms with van der Waals surface area (Å²) in [5.41, 5.74) is -0.159. The van der Waals surface area contributed by atoms with E-state index in [1.54, 1.807) is 0 Å². The van der Waals surface area contributed by atoms with Gasteiger partial charge in [-0.1, -0.05) is 6.92 Å². The summed E-state index contributed by atoms with van der Waals surface area (Å²) >= 11 is 0. The highest BCUT2D eigenvalue weighted by Gasteiger charge is 2.57. The molecule has 2 bridgehead atoms. The van der Waals surface area contributed by atoms with Crippen LogP contribution in [0.25, 0.3) is 0 Å². The number of fused-ring (bicyclic) bond motifs is 1. The van der Waals surface area contributed by atoms with Gasteiger partial charge in [0, 0.05) is 30.1 Å². The molecule has 0 aromatic rings. The van der Waals surface area contributed by atoms with Gasteiger partial charge in [0.2, 0.25) is 0 Å². The van der Waals surface area contributed by atoms with E-state index in [1.807, 2.05) is 25.7 Å². The van der Waals surface area contributed by atoms with Crippen molar-refractivity contribution in [1.82, 2.24) is 10.2 Å². The van der Waals surface area contributed by atoms with Crippen LogP contribution in [-0.4, -0.2) is 41.3 Å². The average Bonchev–Trinajstić information content (AvgIpc) is 2.59. The highest BCUT2D eigenvalue weighted by Crippen LogP contribution is 2.50. The smallest absolute Gasteiger partial charge is 0.410 e. The topological polar surface area (TPSA) is 41.6 Å². The Morgan fingerprint density at radius 1 is 1.37 bits per heavy atom. The van der Waals surface area contributed by atoms with E-state index >= 15 is 0 Å². The van der Waals surface area contributed by atoms with Gasteiger partial charge in [-0.25, -0.2) is 4.79 Å². The third kappa shape index (κ3) is 2.14. The minimum atomic E-state index is -0.407. The zero-order valence-corrected chi connectivity index (χ0v) is 12.5. The summed E-state index contributed by atoms with van der Waals surface area (Å²) in [5, 5.41) is 3.72. The van der Waals surface area contributed by atoms with Crippen molar-refractivity contribution in [3.05, 3.63) is 0 Å². The molecule has 1 amide bonds. The molecular weight excluding hydrogens is 240 g/mol. The van der Waals surface area contributed by atoms with E-state index < -0.39 is 5.60 Å². The number of ether oxygens (including phenoxy) is 1. The molecule has 3 rings (SSSR count). The van der Waals surface area contributed by atoms with Crippen molar-refractivity contribution in [2.45, 2.75) is 77.1 Å². The van der Waals surface area contributed by atoms with Crippen molar-refractivity contribution < 1.29 is 9.53 Å². The maximum absolute atomic E-state index is 12.5. The largest absolute Gasteiger partial charge is 0.444 e. The van der Waals surface area contributed by atoms with Crippen molar-refractivity contribution in [2.24, 2.45) is 5.41 Å². The normalized spacial score (nSPS) is 41.3. The Hall–Kier alpha value is -0.770. The van der Waals surface area contributed by atoms with Crippen molar-refractivity contribution in [3.63, 3.8) is 0 Å². The van der Waals surface area contributed by atoms with E-state index in [-0.39, 0.29) is 11.5 Å². The summed E-state index contributed by atoms with van der Waals surface area (Å²) in [6, 6.07) is 1.40. The number of hydrogen-bond acceptors (Lipinski definition) is 3. The predicted octanol–water partition coefficient (Wildman–Crippen LogP) is 2.53. The quantitative estimate of drug-likeness (QED) is 0.732. The van der Waals surface area contributed by atoms with E-state index in [4.69, 9.17) is 4.74 Å². The second kappa shape index (κ2) is 4.11. The van der Waals surface area contributed by atoms with Gasteiger partial charge < -0.3 is 15.0 Å². The molecule has 2 aliphatic heterocycles. The number of amides is 1. The number of nitrogens with one attached hydrogen (secondary N) is 1. The third-order valence-corrected chi connectivity index (χ3v) is 5.07. The van der Waals surface area contributed by atoms with Gasteiger partial charge in [-0.15, -0.1) is 0 Å². The molecule has 1 aliphatic carbocycles. The average molecular weight is 266 g/mol. The predicted molar refractivity (Wildman–Crippen MR) is 74.0 cm³/mol. The lowest BCUT2D eigenvalue weighted by Crippen LogP contribution is -2.58. The van der Waals surface area contributed by atoms with Crippen molar-refractivity contribution in [1.29, 1.82) is 0 Å². The first-order valence-corrected chi connectivity index (χ1v) is 7.55. The van der Waals surface area contributed by atoms with Gasteiger partial charge in [-0.05, 0) is 46.5 Å². The summed E-state index contributed by atoms with van der Waals surface area (Å²) < 4.78 is 5.60. The molecule has 0 aromatic carbocycles. The second-order valence-electron chi connectivity index (χ2n) is 7.71. The highest BCUT2D eigenvalue weighted by molar-refractivity contribution is 5.69. The SMILES string of the molecule is CC(C)(C)OC(=O)N1C[C@@H]2C[C@@]3(C)[C@@H](CCC[C@@H]13)N2. The molecule has 108 valence electrons. The number of nitrogens with zero attached hydrogens (tertiary/aromatic N) is 1. The molecule has 3 aliphatic rings. The number of carbonyl (C=O) groups is 1. The molecule has 4 nitrogen and oxygen atoms in total. The first-order valence-electron chi connectivity index (χ1n) is 7.55. The first-order chi connectivity index (χ1) is 8.79. The van der Waals surface area contributed by atoms with Gasteiger partial charge >= 0.3 is 6.09 Å². The van der Waals surface area contributed by atoms with Crippen LogP contribution in [0.2, 0.25) is 0 Å². The van der Waals surface area contributed by atoms with Gasteiger partial charge in [-0.2, -0.15) is 0 Å². The summed E-state index contributed by atoms with van der Waals surface area (Å²) in [4.78, 5) is 14.5. The Labute approximate surface area is 115 Å². The fraction of sp³-hybridized carbons (Fsp3) is 0.933. The minimum absolute atomic E-state index is 0.127. The van der Waals surface area contributed by atoms with E-state index in [9.17, 15) is 4.79 Å². The van der Waals surface area contributed by atoms with Gasteiger partial charge in [0.25, 0.3) is 0 Å². The summed E-state index contributed by atoms with van der Waals surface area (Å²) in [5.74, 6) is 0. The van der Waals surface area contributed by atoms with Crippen LogP contribution in [0.1, 0.15) is 53.4 Å². The second-order valence-corrected chi connectivity index (χ2v) is 7.71. The third-order valence-electron chi connectivity index (χ3n) is 5.07. The van der Waals surface area contributed by atoms with Crippen molar-refractivity contribution in [2.75, 3.05) is 6.54 Å². The number of piperidine rings is 1. The number of hydrogen-bond donors (Lipinski definition) is 1. The van der Waals surface area contributed by atoms with Gasteiger partial charge in [0.15, 0.2) is 0 Å². The van der Waals surface area contributed by atoms with Crippen LogP contribution in [0.15, 0.2) is 0 Å². The number of carbonyl (C=O) groups excluding carboxylic acids is 1. The van der Waals surface area contributed by atoms with E-state index in [2.05, 4.69) is 12.2 Å². The molecule has 19 heavy (non-hydrogen) atoms. The van der Waals surface area contributed by atoms with Gasteiger partial charge in [0.05, 0.1) is 0 Å². The Kier molecular flexibility index (Phi) is 2.86. The molecule has 0 spiro atoms. The molecule has 2 heterocycles. The lowest BCUT2D eigenvalue weighted by Gasteiger charge is -2.49. The lowest BCUT2D eigenvalue weighted by atomic mass is 9.66. The van der Waals surface area contributed by atoms with Crippen molar-refractivity contribution in [3.8, 4) is 0 Å². The van der Waals surface area contributed by atoms with Crippen LogP contribution in [0.4, 0.5) is 4.79 Å². The number of likely N-dealkylation sites (tertiary alicyclic amines) is 1. The van der Waals surface area contributed by atoms with Crippen LogP contribution in [-0.2, 0) is 4.74 Å². The van der Waals surface area contributed by atoms with Crippen LogP contribution >= 0.6 is 0 Å². The van der Waals surface area contributed by atoms with Crippen LogP contribution in [0, 0.1) is 5.41 Å². The molecule has 0 aromatic heterocycles. The summed E-state index contributed by atoms with van der Waals surface area (Å²) in [6.07, 6.45) is 4.68. The number of rotatable bonds is 0. The maximum Gasteiger partial charge on any atom is 0.410 e. The Bertz CT molecular complexity index is 390. The Morgan fingerprint density at radius 2 is 2.11 bits per heavy atom. The van der Waals surface area contributed by atoms with E-state index in [1.165, 1.54) is 19.3 Å². The monoisotopic (exact) mass is 266 g/mol. The van der Waals surface area contributed by atoms with Gasteiger partial charge in [0.1, 0.15) is 5.60 Å². The fourth-order valence-electron chi connectivity index (χ4n) is 4.35. The fourth-order valence-corrected chi connectivity index (χ4v) is 4.35. The lowest BCUT2D eigenvalue weighted by molar-refractivity contribution is -0.0244. The zero-order valence-electron chi connectivity index (χ0n) is 12.5. The highest BCUT2D eigenvalue weighted by atomic mass is 16.6. The standard InChI is InChI=1S/C15H26N2O2/c1-14(2,3)19-13(18)17-9-10-8-15(4)11(16-10)6-5-7-12(15)17/h10-12,16H,5-9H2,1-4H3/t10-,11+,12+,15-/m0/s1. The van der Waals surface area contributed by atoms with Crippen LogP contribution in [0.5, 0.6) is 0 Å². The van der Waals surface area contributed by atoms with Gasteiger partial charge in [-0.3, -0.25) is 0 Å². The molecular formula is C15H26N2O2. The molecule has 3 fully saturated rings. The molecule has 1 saturated carbocycles. The zero-order chi connectivity index (χ0) is 13.8. The molecule has 0 radical (unpaired) electrons. The Morgan fingerprint density at radius 3 is 2.79 bits per heavy atom. The molecule has 2 saturated heterocycles. The maximum atomic E-state index is 12.5. The van der Waals surface area contributed by atoms with Crippen molar-refractivity contribution >= 4 is 6.09 Å². The van der Waals surface area contributed by atoms with E-state index in [0.29, 0.717) is 18.1 Å². The van der Waals surface area contributed by atoms with Crippen LogP contribution < -0.4 is 5.32 Å². The minimum Gasteiger partial charge on any atom is -0.444 e. The Balaban J connectivity index is 1.82. The molecule has 4 atom stereocenters. The van der Waals surface area contributed by atoms with Crippen LogP contribution in [0.3, 0.4) is 0 Å². The molecule has 1 N–H and O–H groups in total. The molecule has 4 heteroatoms. The molecule has 0 unspecified atom stereocenters. The summed E-state index contributed by atoms with van der Waals surface area (Å²) in [6.45, 7) is 8.98. The van der Waals surface area contributed by atoms with E-state index in [0.717, 1.165) is 13.0 Å². The summed E-state index contributed by atoms with van der Waals surface area (Å²) in [7, 11) is 0. The first kappa shape index (κ1) is 13.2.